The molecular weight excluding hydrogens is 202 g/mol. The fourth-order valence-electron chi connectivity index (χ4n) is 2.23. The Bertz CT molecular complexity index is 341. The zero-order chi connectivity index (χ0) is 11.4. The molecule has 0 aliphatic heterocycles. The van der Waals surface area contributed by atoms with Gasteiger partial charge in [-0.2, -0.15) is 0 Å². The third-order valence-corrected chi connectivity index (χ3v) is 3.23. The number of rotatable bonds is 3. The molecule has 1 aliphatic rings. The molecule has 5 nitrogen and oxygen atoms in total. The minimum absolute atomic E-state index is 0.510. The maximum atomic E-state index is 5.30. The summed E-state index contributed by atoms with van der Waals surface area (Å²) >= 11 is 0. The highest BCUT2D eigenvalue weighted by atomic mass is 15.3. The largest absolute Gasteiger partial charge is 0.366 e. The van der Waals surface area contributed by atoms with E-state index in [4.69, 9.17) is 5.84 Å². The van der Waals surface area contributed by atoms with Crippen molar-refractivity contribution in [3.05, 3.63) is 12.4 Å². The molecule has 0 radical (unpaired) electrons. The van der Waals surface area contributed by atoms with Gasteiger partial charge in [-0.25, -0.2) is 10.8 Å². The second kappa shape index (κ2) is 5.12. The molecule has 1 aromatic rings. The molecule has 5 heteroatoms. The van der Waals surface area contributed by atoms with E-state index in [9.17, 15) is 0 Å². The van der Waals surface area contributed by atoms with Crippen LogP contribution >= 0.6 is 0 Å². The first-order chi connectivity index (χ1) is 7.79. The van der Waals surface area contributed by atoms with Crippen LogP contribution in [0.25, 0.3) is 0 Å². The van der Waals surface area contributed by atoms with Crippen molar-refractivity contribution in [2.75, 3.05) is 10.7 Å². The molecule has 1 heterocycles. The Morgan fingerprint density at radius 2 is 2.00 bits per heavy atom. The van der Waals surface area contributed by atoms with Gasteiger partial charge in [-0.3, -0.25) is 4.98 Å². The lowest BCUT2D eigenvalue weighted by molar-refractivity contribution is 0.349. The fraction of sp³-hybridized carbons (Fsp3) is 0.636. The van der Waals surface area contributed by atoms with E-state index in [1.165, 1.54) is 25.7 Å². The summed E-state index contributed by atoms with van der Waals surface area (Å²) in [6.45, 7) is 2.29. The molecule has 1 saturated carbocycles. The van der Waals surface area contributed by atoms with Crippen LogP contribution in [0.1, 0.15) is 32.6 Å². The first-order valence-corrected chi connectivity index (χ1v) is 5.85. The van der Waals surface area contributed by atoms with Crippen molar-refractivity contribution in [2.45, 2.75) is 38.6 Å². The predicted octanol–water partition coefficient (Wildman–Crippen LogP) is 1.75. The highest BCUT2D eigenvalue weighted by Crippen LogP contribution is 2.26. The molecule has 2 unspecified atom stereocenters. The Balaban J connectivity index is 2.01. The van der Waals surface area contributed by atoms with E-state index in [2.05, 4.69) is 27.6 Å². The number of hydrogen-bond donors (Lipinski definition) is 3. The third kappa shape index (κ3) is 2.61. The zero-order valence-electron chi connectivity index (χ0n) is 9.61. The van der Waals surface area contributed by atoms with E-state index in [1.54, 1.807) is 12.4 Å². The van der Waals surface area contributed by atoms with Crippen molar-refractivity contribution < 1.29 is 0 Å². The molecule has 1 aromatic heterocycles. The molecule has 0 bridgehead atoms. The van der Waals surface area contributed by atoms with Crippen LogP contribution < -0.4 is 16.6 Å². The molecule has 0 spiro atoms. The lowest BCUT2D eigenvalue weighted by Crippen LogP contribution is -2.30. The first kappa shape index (κ1) is 11.1. The number of nitrogens with zero attached hydrogens (tertiary/aromatic N) is 2. The molecule has 0 saturated heterocycles. The van der Waals surface area contributed by atoms with Crippen LogP contribution in [0.5, 0.6) is 0 Å². The smallest absolute Gasteiger partial charge is 0.160 e. The van der Waals surface area contributed by atoms with E-state index in [0.717, 1.165) is 5.82 Å². The van der Waals surface area contributed by atoms with Gasteiger partial charge in [0.1, 0.15) is 5.82 Å². The molecular formula is C11H19N5. The Hall–Kier alpha value is -1.36. The number of aromatic nitrogens is 2. The van der Waals surface area contributed by atoms with E-state index < -0.39 is 0 Å². The SMILES string of the molecule is CC1CCCCC1Nc1cncc(NN)n1. The topological polar surface area (TPSA) is 75.9 Å². The number of nitrogen functional groups attached to an aromatic ring is 1. The van der Waals surface area contributed by atoms with Crippen LogP contribution in [0.3, 0.4) is 0 Å². The molecule has 0 aromatic carbocycles. The summed E-state index contributed by atoms with van der Waals surface area (Å²) in [5.41, 5.74) is 2.50. The van der Waals surface area contributed by atoms with Crippen molar-refractivity contribution in [1.82, 2.24) is 9.97 Å². The first-order valence-electron chi connectivity index (χ1n) is 5.85. The number of nitrogens with two attached hydrogens (primary N) is 1. The zero-order valence-corrected chi connectivity index (χ0v) is 9.61. The maximum Gasteiger partial charge on any atom is 0.160 e. The van der Waals surface area contributed by atoms with Crippen LogP contribution in [-0.4, -0.2) is 16.0 Å². The van der Waals surface area contributed by atoms with Gasteiger partial charge in [-0.1, -0.05) is 19.8 Å². The average Bonchev–Trinajstić information content (AvgIpc) is 2.32. The van der Waals surface area contributed by atoms with Crippen molar-refractivity contribution in [3.8, 4) is 0 Å². The normalized spacial score (nSPS) is 25.1. The molecule has 1 aliphatic carbocycles. The summed E-state index contributed by atoms with van der Waals surface area (Å²) in [7, 11) is 0. The van der Waals surface area contributed by atoms with E-state index in [1.807, 2.05) is 0 Å². The van der Waals surface area contributed by atoms with E-state index in [-0.39, 0.29) is 0 Å². The molecule has 0 amide bonds. The quantitative estimate of drug-likeness (QED) is 0.535. The second-order valence-corrected chi connectivity index (χ2v) is 4.45. The van der Waals surface area contributed by atoms with Crippen molar-refractivity contribution in [1.29, 1.82) is 0 Å². The van der Waals surface area contributed by atoms with Gasteiger partial charge in [0.15, 0.2) is 5.82 Å². The Morgan fingerprint density at radius 1 is 1.25 bits per heavy atom. The standard InChI is InChI=1S/C11H19N5/c1-8-4-2-3-5-9(8)14-10-6-13-7-11(15-10)16-12/h6-9H,2-5,12H2,1H3,(H2,14,15,16). The van der Waals surface area contributed by atoms with Crippen LogP contribution in [0.4, 0.5) is 11.6 Å². The molecule has 1 fully saturated rings. The summed E-state index contributed by atoms with van der Waals surface area (Å²) in [4.78, 5) is 8.39. The maximum absolute atomic E-state index is 5.30. The van der Waals surface area contributed by atoms with Gasteiger partial charge in [0.2, 0.25) is 0 Å². The van der Waals surface area contributed by atoms with Gasteiger partial charge in [-0.15, -0.1) is 0 Å². The third-order valence-electron chi connectivity index (χ3n) is 3.23. The van der Waals surface area contributed by atoms with Gasteiger partial charge in [0, 0.05) is 6.04 Å². The minimum atomic E-state index is 0.510. The lowest BCUT2D eigenvalue weighted by Gasteiger charge is -2.29. The summed E-state index contributed by atoms with van der Waals surface area (Å²) in [6, 6.07) is 0.510. The lowest BCUT2D eigenvalue weighted by atomic mass is 9.86. The monoisotopic (exact) mass is 221 g/mol. The van der Waals surface area contributed by atoms with Gasteiger partial charge in [0.25, 0.3) is 0 Å². The Labute approximate surface area is 95.8 Å². The molecule has 4 N–H and O–H groups in total. The van der Waals surface area contributed by atoms with Gasteiger partial charge < -0.3 is 10.7 Å². The summed E-state index contributed by atoms with van der Waals surface area (Å²) < 4.78 is 0. The van der Waals surface area contributed by atoms with E-state index in [0.29, 0.717) is 17.8 Å². The minimum Gasteiger partial charge on any atom is -0.366 e. The Kier molecular flexibility index (Phi) is 3.56. The van der Waals surface area contributed by atoms with Crippen molar-refractivity contribution in [3.63, 3.8) is 0 Å². The van der Waals surface area contributed by atoms with Crippen LogP contribution in [-0.2, 0) is 0 Å². The highest BCUT2D eigenvalue weighted by Gasteiger charge is 2.21. The van der Waals surface area contributed by atoms with E-state index >= 15 is 0 Å². The highest BCUT2D eigenvalue weighted by molar-refractivity contribution is 5.41. The number of nitrogens with one attached hydrogen (secondary N) is 2. The van der Waals surface area contributed by atoms with Crippen molar-refractivity contribution >= 4 is 11.6 Å². The summed E-state index contributed by atoms with van der Waals surface area (Å²) in [6.07, 6.45) is 8.49. The number of hydrogen-bond acceptors (Lipinski definition) is 5. The number of hydrazine groups is 1. The molecule has 16 heavy (non-hydrogen) atoms. The van der Waals surface area contributed by atoms with Crippen molar-refractivity contribution in [2.24, 2.45) is 11.8 Å². The number of anilines is 2. The Morgan fingerprint density at radius 3 is 2.75 bits per heavy atom. The average molecular weight is 221 g/mol. The van der Waals surface area contributed by atoms with Crippen LogP contribution in [0.2, 0.25) is 0 Å². The molecule has 2 rings (SSSR count). The second-order valence-electron chi connectivity index (χ2n) is 4.45. The summed E-state index contributed by atoms with van der Waals surface area (Å²) in [5, 5.41) is 3.44. The molecule has 2 atom stereocenters. The molecule has 88 valence electrons. The summed E-state index contributed by atoms with van der Waals surface area (Å²) in [5.74, 6) is 7.39. The van der Waals surface area contributed by atoms with Crippen LogP contribution in [0.15, 0.2) is 12.4 Å². The van der Waals surface area contributed by atoms with Gasteiger partial charge in [0.05, 0.1) is 12.4 Å². The predicted molar refractivity (Wildman–Crippen MR) is 64.9 cm³/mol. The van der Waals surface area contributed by atoms with Gasteiger partial charge >= 0.3 is 0 Å². The van der Waals surface area contributed by atoms with Gasteiger partial charge in [-0.05, 0) is 18.8 Å². The van der Waals surface area contributed by atoms with Crippen LogP contribution in [0, 0.1) is 5.92 Å². The fourth-order valence-corrected chi connectivity index (χ4v) is 2.23.